The quantitative estimate of drug-likeness (QED) is 0.748. The maximum Gasteiger partial charge on any atom is 0.490 e. The number of aliphatic carboxylic acids is 1. The molecule has 0 saturated carbocycles. The maximum atomic E-state index is 10.6. The zero-order valence-corrected chi connectivity index (χ0v) is 18.4. The van der Waals surface area contributed by atoms with E-state index in [1.54, 1.807) is 0 Å². The first kappa shape index (κ1) is 23.7. The van der Waals surface area contributed by atoms with Gasteiger partial charge in [-0.1, -0.05) is 5.16 Å². The Kier molecular flexibility index (Phi) is 7.40. The van der Waals surface area contributed by atoms with Crippen molar-refractivity contribution >= 4 is 17.3 Å². The SMILES string of the molecule is Cc1ccc(CN2C[C@@H]3OCCN(Cc4c(C)noc4C)[C@@H]3C2)s1.O=C(O)C(F)(F)F. The molecule has 4 heterocycles. The molecule has 0 spiro atoms. The van der Waals surface area contributed by atoms with Crippen LogP contribution in [-0.2, 0) is 22.6 Å². The fourth-order valence-corrected chi connectivity index (χ4v) is 4.81. The predicted molar refractivity (Wildman–Crippen MR) is 108 cm³/mol. The van der Waals surface area contributed by atoms with Crippen molar-refractivity contribution in [1.29, 1.82) is 0 Å². The van der Waals surface area contributed by atoms with Crippen molar-refractivity contribution in [3.05, 3.63) is 38.9 Å². The maximum absolute atomic E-state index is 10.6. The number of fused-ring (bicyclic) bond motifs is 1. The molecule has 2 aliphatic heterocycles. The zero-order valence-electron chi connectivity index (χ0n) is 17.6. The Hall–Kier alpha value is -1.95. The zero-order chi connectivity index (χ0) is 22.8. The van der Waals surface area contributed by atoms with Crippen LogP contribution in [0.25, 0.3) is 0 Å². The molecule has 0 aliphatic carbocycles. The van der Waals surface area contributed by atoms with Crippen LogP contribution in [0.3, 0.4) is 0 Å². The standard InChI is InChI=1S/C18H25N3O2S.C2HF3O2/c1-12-4-5-15(24-12)8-20-10-17-18(11-20)22-7-6-21(17)9-16-13(2)19-23-14(16)3;3-2(4,5)1(6)7/h4-5,17-18H,6-11H2,1-3H3;(H,6,7)/t17-,18+;/m1./s1. The number of hydrogen-bond donors (Lipinski definition) is 1. The molecule has 31 heavy (non-hydrogen) atoms. The third-order valence-electron chi connectivity index (χ3n) is 5.45. The Morgan fingerprint density at radius 1 is 1.26 bits per heavy atom. The van der Waals surface area contributed by atoms with Crippen LogP contribution in [-0.4, -0.2) is 70.6 Å². The van der Waals surface area contributed by atoms with E-state index in [0.717, 1.165) is 50.8 Å². The number of carbonyl (C=O) groups is 1. The van der Waals surface area contributed by atoms with Gasteiger partial charge in [-0.25, -0.2) is 4.79 Å². The average Bonchev–Trinajstić information content (AvgIpc) is 3.37. The summed E-state index contributed by atoms with van der Waals surface area (Å²) in [6.07, 6.45) is -4.76. The number of nitrogens with zero attached hydrogens (tertiary/aromatic N) is 3. The summed E-state index contributed by atoms with van der Waals surface area (Å²) >= 11 is 1.90. The number of hydrogen-bond acceptors (Lipinski definition) is 7. The molecule has 4 rings (SSSR count). The van der Waals surface area contributed by atoms with Crippen molar-refractivity contribution in [2.45, 2.75) is 52.2 Å². The number of alkyl halides is 3. The molecule has 0 aromatic carbocycles. The highest BCUT2D eigenvalue weighted by Gasteiger charge is 2.40. The second-order valence-corrected chi connectivity index (χ2v) is 9.13. The lowest BCUT2D eigenvalue weighted by Gasteiger charge is -2.36. The number of ether oxygens (including phenoxy) is 1. The molecule has 0 amide bonds. The minimum Gasteiger partial charge on any atom is -0.475 e. The van der Waals surface area contributed by atoms with Crippen molar-refractivity contribution in [2.75, 3.05) is 26.2 Å². The van der Waals surface area contributed by atoms with Gasteiger partial charge >= 0.3 is 12.1 Å². The summed E-state index contributed by atoms with van der Waals surface area (Å²) in [5, 5.41) is 11.2. The van der Waals surface area contributed by atoms with Crippen molar-refractivity contribution in [1.82, 2.24) is 15.0 Å². The van der Waals surface area contributed by atoms with E-state index < -0.39 is 12.1 Å². The van der Waals surface area contributed by atoms with E-state index in [4.69, 9.17) is 19.2 Å². The first-order valence-corrected chi connectivity index (χ1v) is 10.7. The molecule has 172 valence electrons. The monoisotopic (exact) mass is 461 g/mol. The van der Waals surface area contributed by atoms with Gasteiger partial charge < -0.3 is 14.4 Å². The molecular weight excluding hydrogens is 435 g/mol. The van der Waals surface area contributed by atoms with Gasteiger partial charge in [-0.3, -0.25) is 9.80 Å². The molecule has 0 bridgehead atoms. The van der Waals surface area contributed by atoms with Gasteiger partial charge in [-0.05, 0) is 32.9 Å². The first-order valence-electron chi connectivity index (χ1n) is 9.89. The highest BCUT2D eigenvalue weighted by atomic mass is 32.1. The van der Waals surface area contributed by atoms with Crippen LogP contribution in [0.1, 0.15) is 26.8 Å². The normalized spacial score (nSPS) is 22.1. The summed E-state index contributed by atoms with van der Waals surface area (Å²) in [6.45, 7) is 12.1. The molecule has 0 unspecified atom stereocenters. The molecule has 2 aromatic heterocycles. The number of rotatable bonds is 4. The Labute approximate surface area is 182 Å². The third-order valence-corrected chi connectivity index (χ3v) is 6.44. The van der Waals surface area contributed by atoms with E-state index in [1.807, 2.05) is 25.2 Å². The molecule has 2 fully saturated rings. The van der Waals surface area contributed by atoms with Crippen molar-refractivity contribution in [2.24, 2.45) is 0 Å². The topological polar surface area (TPSA) is 79.0 Å². The molecule has 1 N–H and O–H groups in total. The third kappa shape index (κ3) is 6.06. The lowest BCUT2D eigenvalue weighted by molar-refractivity contribution is -0.192. The molecule has 7 nitrogen and oxygen atoms in total. The van der Waals surface area contributed by atoms with Gasteiger partial charge in [0.05, 0.1) is 24.4 Å². The molecule has 2 aliphatic rings. The second-order valence-electron chi connectivity index (χ2n) is 7.76. The van der Waals surface area contributed by atoms with Gasteiger partial charge in [0.2, 0.25) is 0 Å². The average molecular weight is 462 g/mol. The molecule has 0 radical (unpaired) electrons. The lowest BCUT2D eigenvalue weighted by atomic mass is 10.1. The molecule has 2 aromatic rings. The van der Waals surface area contributed by atoms with Crippen molar-refractivity contribution < 1.29 is 32.3 Å². The first-order chi connectivity index (χ1) is 14.5. The summed E-state index contributed by atoms with van der Waals surface area (Å²) < 4.78 is 43.1. The Morgan fingerprint density at radius 3 is 2.52 bits per heavy atom. The number of carboxylic acid groups (broad SMARTS) is 1. The van der Waals surface area contributed by atoms with Crippen LogP contribution in [0.4, 0.5) is 13.2 Å². The fourth-order valence-electron chi connectivity index (χ4n) is 3.88. The molecular formula is C20H26F3N3O4S. The van der Waals surface area contributed by atoms with Gasteiger partial charge in [-0.2, -0.15) is 13.2 Å². The van der Waals surface area contributed by atoms with E-state index in [0.29, 0.717) is 12.1 Å². The van der Waals surface area contributed by atoms with Crippen LogP contribution in [0, 0.1) is 20.8 Å². The van der Waals surface area contributed by atoms with Crippen LogP contribution in [0.2, 0.25) is 0 Å². The number of carboxylic acids is 1. The summed E-state index contributed by atoms with van der Waals surface area (Å²) in [4.78, 5) is 16.8. The van der Waals surface area contributed by atoms with Gasteiger partial charge in [-0.15, -0.1) is 11.3 Å². The number of likely N-dealkylation sites (tertiary alicyclic amines) is 1. The second kappa shape index (κ2) is 9.68. The number of thiophene rings is 1. The van der Waals surface area contributed by atoms with Crippen LogP contribution >= 0.6 is 11.3 Å². The van der Waals surface area contributed by atoms with Crippen molar-refractivity contribution in [3.8, 4) is 0 Å². The fraction of sp³-hybridized carbons (Fsp3) is 0.600. The number of aryl methyl sites for hydroxylation is 3. The highest BCUT2D eigenvalue weighted by Crippen LogP contribution is 2.28. The number of aromatic nitrogens is 1. The van der Waals surface area contributed by atoms with Gasteiger partial charge in [0.1, 0.15) is 5.76 Å². The van der Waals surface area contributed by atoms with Crippen molar-refractivity contribution in [3.63, 3.8) is 0 Å². The van der Waals surface area contributed by atoms with Crippen LogP contribution in [0.15, 0.2) is 16.7 Å². The highest BCUT2D eigenvalue weighted by molar-refractivity contribution is 7.11. The largest absolute Gasteiger partial charge is 0.490 e. The summed E-state index contributed by atoms with van der Waals surface area (Å²) in [7, 11) is 0. The minimum atomic E-state index is -5.08. The van der Waals surface area contributed by atoms with E-state index in [9.17, 15) is 13.2 Å². The Balaban J connectivity index is 0.000000339. The number of halogens is 3. The summed E-state index contributed by atoms with van der Waals surface area (Å²) in [5.41, 5.74) is 2.25. The molecule has 2 atom stereocenters. The predicted octanol–water partition coefficient (Wildman–Crippen LogP) is 3.38. The van der Waals surface area contributed by atoms with E-state index in [1.165, 1.54) is 15.3 Å². The van der Waals surface area contributed by atoms with E-state index in [-0.39, 0.29) is 0 Å². The van der Waals surface area contributed by atoms with Gasteiger partial charge in [0, 0.05) is 48.0 Å². The summed E-state index contributed by atoms with van der Waals surface area (Å²) in [6, 6.07) is 4.93. The lowest BCUT2D eigenvalue weighted by Crippen LogP contribution is -2.50. The van der Waals surface area contributed by atoms with Gasteiger partial charge in [0.15, 0.2) is 0 Å². The Bertz CT molecular complexity index is 879. The minimum absolute atomic E-state index is 0.320. The van der Waals surface area contributed by atoms with E-state index >= 15 is 0 Å². The molecule has 11 heteroatoms. The number of morpholine rings is 1. The van der Waals surface area contributed by atoms with Gasteiger partial charge in [0.25, 0.3) is 0 Å². The Morgan fingerprint density at radius 2 is 1.97 bits per heavy atom. The molecule has 2 saturated heterocycles. The van der Waals surface area contributed by atoms with E-state index in [2.05, 4.69) is 34.0 Å². The van der Waals surface area contributed by atoms with Crippen LogP contribution < -0.4 is 0 Å². The van der Waals surface area contributed by atoms with Crippen LogP contribution in [0.5, 0.6) is 0 Å². The smallest absolute Gasteiger partial charge is 0.475 e. The summed E-state index contributed by atoms with van der Waals surface area (Å²) in [5.74, 6) is -1.81.